The number of carbonyl (C=O) groups excluding carboxylic acids is 3. The van der Waals surface area contributed by atoms with Gasteiger partial charge in [0, 0.05) is 0 Å². The van der Waals surface area contributed by atoms with Crippen LogP contribution in [0.3, 0.4) is 0 Å². The number of hydrogen-bond acceptors (Lipinski definition) is 3. The Morgan fingerprint density at radius 2 is 2.05 bits per heavy atom. The molecule has 1 fully saturated rings. The van der Waals surface area contributed by atoms with Crippen LogP contribution < -0.4 is 5.32 Å². The van der Waals surface area contributed by atoms with Gasteiger partial charge in [-0.3, -0.25) is 19.7 Å². The molecule has 1 N–H and O–H groups in total. The molecule has 7 heteroatoms. The molecule has 1 aromatic carbocycles. The quantitative estimate of drug-likeness (QED) is 0.796. The highest BCUT2D eigenvalue weighted by Gasteiger charge is 2.44. The maximum absolute atomic E-state index is 13.8. The maximum atomic E-state index is 13.8. The molecule has 1 aliphatic heterocycles. The molecular weight excluding hydrogens is 287 g/mol. The van der Waals surface area contributed by atoms with E-state index in [2.05, 4.69) is 5.32 Å². The molecule has 0 aliphatic carbocycles. The van der Waals surface area contributed by atoms with Crippen LogP contribution in [-0.2, 0) is 9.59 Å². The second-order valence-corrected chi connectivity index (χ2v) is 5.33. The smallest absolute Gasteiger partial charge is 0.259 e. The van der Waals surface area contributed by atoms with Gasteiger partial charge in [0.05, 0.1) is 10.6 Å². The summed E-state index contributed by atoms with van der Waals surface area (Å²) in [6, 6.07) is 3.84. The zero-order chi connectivity index (χ0) is 15.1. The summed E-state index contributed by atoms with van der Waals surface area (Å²) in [5.74, 6) is -2.82. The normalized spacial score (nSPS) is 17.9. The van der Waals surface area contributed by atoms with Gasteiger partial charge in [0.15, 0.2) is 0 Å². The van der Waals surface area contributed by atoms with Gasteiger partial charge in [0.25, 0.3) is 11.8 Å². The van der Waals surface area contributed by atoms with Crippen molar-refractivity contribution in [2.45, 2.75) is 19.4 Å². The Morgan fingerprint density at radius 1 is 1.40 bits per heavy atom. The summed E-state index contributed by atoms with van der Waals surface area (Å²) in [6.45, 7) is 2.62. The second-order valence-electron chi connectivity index (χ2n) is 4.92. The molecule has 0 bridgehead atoms. The van der Waals surface area contributed by atoms with Crippen molar-refractivity contribution in [1.82, 2.24) is 10.2 Å². The first-order valence-corrected chi connectivity index (χ1v) is 6.23. The van der Waals surface area contributed by atoms with Crippen molar-refractivity contribution in [3.8, 4) is 0 Å². The molecule has 1 saturated heterocycles. The van der Waals surface area contributed by atoms with Crippen molar-refractivity contribution in [3.05, 3.63) is 34.6 Å². The van der Waals surface area contributed by atoms with Gasteiger partial charge in [-0.25, -0.2) is 4.39 Å². The molecule has 3 amide bonds. The summed E-state index contributed by atoms with van der Waals surface area (Å²) >= 11 is 5.84. The van der Waals surface area contributed by atoms with E-state index in [1.54, 1.807) is 0 Å². The molecule has 1 aromatic rings. The van der Waals surface area contributed by atoms with Gasteiger partial charge in [-0.15, -0.1) is 0 Å². The fraction of sp³-hybridized carbons (Fsp3) is 0.308. The fourth-order valence-electron chi connectivity index (χ4n) is 1.95. The van der Waals surface area contributed by atoms with Crippen LogP contribution in [0, 0.1) is 5.82 Å². The number of imide groups is 1. The maximum Gasteiger partial charge on any atom is 0.259 e. The Bertz CT molecular complexity index is 595. The Hall–Kier alpha value is -1.95. The van der Waals surface area contributed by atoms with Gasteiger partial charge in [-0.2, -0.15) is 0 Å². The Labute approximate surface area is 119 Å². The lowest BCUT2D eigenvalue weighted by molar-refractivity contribution is -0.143. The molecule has 1 heterocycles. The molecule has 0 atom stereocenters. The average molecular weight is 299 g/mol. The highest BCUT2D eigenvalue weighted by atomic mass is 35.5. The lowest BCUT2D eigenvalue weighted by Crippen LogP contribution is -2.65. The highest BCUT2D eigenvalue weighted by Crippen LogP contribution is 2.26. The van der Waals surface area contributed by atoms with E-state index in [9.17, 15) is 18.8 Å². The van der Waals surface area contributed by atoms with Gasteiger partial charge < -0.3 is 4.90 Å². The number of nitrogens with zero attached hydrogens (tertiary/aromatic N) is 1. The summed E-state index contributed by atoms with van der Waals surface area (Å²) in [6.07, 6.45) is 0. The molecular formula is C13H12ClFN2O3. The molecule has 0 aromatic heterocycles. The Balaban J connectivity index is 2.46. The summed E-state index contributed by atoms with van der Waals surface area (Å²) < 4.78 is 13.8. The predicted octanol–water partition coefficient (Wildman–Crippen LogP) is 1.36. The summed E-state index contributed by atoms with van der Waals surface area (Å²) in [5, 5.41) is 2.07. The van der Waals surface area contributed by atoms with E-state index >= 15 is 0 Å². The van der Waals surface area contributed by atoms with Crippen LogP contribution in [0.4, 0.5) is 4.39 Å². The molecule has 0 radical (unpaired) electrons. The van der Waals surface area contributed by atoms with Gasteiger partial charge in [0.2, 0.25) is 5.91 Å². The van der Waals surface area contributed by atoms with E-state index in [-0.39, 0.29) is 17.1 Å². The van der Waals surface area contributed by atoms with E-state index in [4.69, 9.17) is 11.6 Å². The Morgan fingerprint density at radius 3 is 2.65 bits per heavy atom. The van der Waals surface area contributed by atoms with Crippen LogP contribution in [0.1, 0.15) is 24.2 Å². The van der Waals surface area contributed by atoms with Crippen molar-refractivity contribution in [3.63, 3.8) is 0 Å². The third kappa shape index (κ3) is 2.27. The summed E-state index contributed by atoms with van der Waals surface area (Å²) in [4.78, 5) is 36.6. The molecule has 0 spiro atoms. The van der Waals surface area contributed by atoms with Gasteiger partial charge in [-0.1, -0.05) is 17.7 Å². The van der Waals surface area contributed by atoms with Crippen molar-refractivity contribution < 1.29 is 18.8 Å². The van der Waals surface area contributed by atoms with E-state index in [1.165, 1.54) is 26.0 Å². The fourth-order valence-corrected chi connectivity index (χ4v) is 2.19. The SMILES string of the molecule is CC1(C)C(=O)NC(=O)CN1C(=O)c1c(F)cccc1Cl. The molecule has 1 aliphatic rings. The minimum atomic E-state index is -1.27. The first-order valence-electron chi connectivity index (χ1n) is 5.85. The second kappa shape index (κ2) is 4.86. The first kappa shape index (κ1) is 14.5. The minimum absolute atomic E-state index is 0.0655. The average Bonchev–Trinajstić information content (AvgIpc) is 2.33. The number of hydrogen-bond donors (Lipinski definition) is 1. The number of amides is 3. The number of halogens is 2. The molecule has 20 heavy (non-hydrogen) atoms. The largest absolute Gasteiger partial charge is 0.315 e. The standard InChI is InChI=1S/C13H12ClFN2O3/c1-13(2)12(20)16-9(18)6-17(13)11(19)10-7(14)4-3-5-8(10)15/h3-5H,6H2,1-2H3,(H,16,18,20). The van der Waals surface area contributed by atoms with E-state index in [1.807, 2.05) is 0 Å². The molecule has 2 rings (SSSR count). The monoisotopic (exact) mass is 298 g/mol. The minimum Gasteiger partial charge on any atom is -0.315 e. The zero-order valence-electron chi connectivity index (χ0n) is 10.9. The van der Waals surface area contributed by atoms with Crippen LogP contribution >= 0.6 is 11.6 Å². The van der Waals surface area contributed by atoms with Crippen LogP contribution in [0.2, 0.25) is 5.02 Å². The predicted molar refractivity (Wildman–Crippen MR) is 69.7 cm³/mol. The number of benzene rings is 1. The lowest BCUT2D eigenvalue weighted by Gasteiger charge is -2.40. The van der Waals surface area contributed by atoms with Crippen molar-refractivity contribution in [2.75, 3.05) is 6.54 Å². The molecule has 106 valence electrons. The number of carbonyl (C=O) groups is 3. The number of nitrogens with one attached hydrogen (secondary N) is 1. The van der Waals surface area contributed by atoms with E-state index in [0.29, 0.717) is 0 Å². The van der Waals surface area contributed by atoms with Crippen molar-refractivity contribution in [2.24, 2.45) is 0 Å². The van der Waals surface area contributed by atoms with Gasteiger partial charge >= 0.3 is 0 Å². The van der Waals surface area contributed by atoms with Crippen LogP contribution in [0.5, 0.6) is 0 Å². The molecule has 0 saturated carbocycles. The topological polar surface area (TPSA) is 66.5 Å². The lowest BCUT2D eigenvalue weighted by atomic mass is 9.97. The van der Waals surface area contributed by atoms with Crippen LogP contribution in [-0.4, -0.2) is 34.7 Å². The van der Waals surface area contributed by atoms with Crippen LogP contribution in [0.15, 0.2) is 18.2 Å². The Kier molecular flexibility index (Phi) is 3.52. The highest BCUT2D eigenvalue weighted by molar-refractivity contribution is 6.34. The van der Waals surface area contributed by atoms with Crippen molar-refractivity contribution >= 4 is 29.3 Å². The van der Waals surface area contributed by atoms with Gasteiger partial charge in [0.1, 0.15) is 17.9 Å². The third-order valence-electron chi connectivity index (χ3n) is 3.21. The number of piperazine rings is 1. The third-order valence-corrected chi connectivity index (χ3v) is 3.52. The summed E-state index contributed by atoms with van der Waals surface area (Å²) in [5.41, 5.74) is -1.61. The summed E-state index contributed by atoms with van der Waals surface area (Å²) in [7, 11) is 0. The first-order chi connectivity index (χ1) is 9.25. The van der Waals surface area contributed by atoms with E-state index < -0.39 is 29.1 Å². The van der Waals surface area contributed by atoms with Crippen molar-refractivity contribution in [1.29, 1.82) is 0 Å². The van der Waals surface area contributed by atoms with Crippen LogP contribution in [0.25, 0.3) is 0 Å². The van der Waals surface area contributed by atoms with Gasteiger partial charge in [-0.05, 0) is 26.0 Å². The van der Waals surface area contributed by atoms with E-state index in [0.717, 1.165) is 11.0 Å². The molecule has 0 unspecified atom stereocenters. The zero-order valence-corrected chi connectivity index (χ0v) is 11.6. The molecule has 5 nitrogen and oxygen atoms in total. The number of rotatable bonds is 1.